The van der Waals surface area contributed by atoms with Gasteiger partial charge in [0.2, 0.25) is 0 Å². The van der Waals surface area contributed by atoms with Crippen LogP contribution in [0.2, 0.25) is 0 Å². The highest BCUT2D eigenvalue weighted by molar-refractivity contribution is 5.80. The third-order valence-corrected chi connectivity index (χ3v) is 5.88. The first kappa shape index (κ1) is 17.4. The van der Waals surface area contributed by atoms with Gasteiger partial charge < -0.3 is 15.1 Å². The largest absolute Gasteiger partial charge is 0.364 e. The molecule has 4 rings (SSSR count). The van der Waals surface area contributed by atoms with Crippen LogP contribution in [0.5, 0.6) is 0 Å². The van der Waals surface area contributed by atoms with Gasteiger partial charge in [-0.1, -0.05) is 24.3 Å². The first-order valence-corrected chi connectivity index (χ1v) is 10.0. The second kappa shape index (κ2) is 8.12. The molecule has 0 amide bonds. The zero-order valence-corrected chi connectivity index (χ0v) is 15.9. The van der Waals surface area contributed by atoms with Crippen molar-refractivity contribution in [2.24, 2.45) is 4.99 Å². The van der Waals surface area contributed by atoms with Crippen molar-refractivity contribution in [1.29, 1.82) is 0 Å². The molecule has 2 saturated heterocycles. The van der Waals surface area contributed by atoms with Gasteiger partial charge in [-0.25, -0.2) is 0 Å². The fraction of sp³-hybridized carbons (Fsp3) is 0.571. The van der Waals surface area contributed by atoms with E-state index in [1.807, 2.05) is 7.05 Å². The average Bonchev–Trinajstić information content (AvgIpc) is 3.43. The summed E-state index contributed by atoms with van der Waals surface area (Å²) < 4.78 is 0. The molecule has 1 aromatic rings. The first-order chi connectivity index (χ1) is 12.8. The van der Waals surface area contributed by atoms with Crippen LogP contribution in [0.25, 0.3) is 0 Å². The van der Waals surface area contributed by atoms with Crippen LogP contribution in [0, 0.1) is 0 Å². The summed E-state index contributed by atoms with van der Waals surface area (Å²) in [5.74, 6) is 1.04. The van der Waals surface area contributed by atoms with E-state index in [1.165, 1.54) is 43.6 Å². The van der Waals surface area contributed by atoms with Gasteiger partial charge in [0, 0.05) is 51.5 Å². The Labute approximate surface area is 157 Å². The molecule has 5 nitrogen and oxygen atoms in total. The van der Waals surface area contributed by atoms with Crippen molar-refractivity contribution in [1.82, 2.24) is 15.1 Å². The van der Waals surface area contributed by atoms with Crippen molar-refractivity contribution >= 4 is 11.6 Å². The molecule has 140 valence electrons. The zero-order valence-electron chi connectivity index (χ0n) is 15.9. The first-order valence-electron chi connectivity index (χ1n) is 10.0. The van der Waals surface area contributed by atoms with Gasteiger partial charge in [0.05, 0.1) is 0 Å². The lowest BCUT2D eigenvalue weighted by Gasteiger charge is -2.25. The number of rotatable bonds is 4. The highest BCUT2D eigenvalue weighted by Gasteiger charge is 2.30. The third-order valence-electron chi connectivity index (χ3n) is 5.88. The number of anilines is 1. The van der Waals surface area contributed by atoms with Gasteiger partial charge in [0.1, 0.15) is 0 Å². The van der Waals surface area contributed by atoms with Crippen LogP contribution in [0.1, 0.15) is 24.8 Å². The van der Waals surface area contributed by atoms with Crippen molar-refractivity contribution in [3.8, 4) is 0 Å². The lowest BCUT2D eigenvalue weighted by Crippen LogP contribution is -2.42. The van der Waals surface area contributed by atoms with Crippen LogP contribution >= 0.6 is 0 Å². The van der Waals surface area contributed by atoms with Crippen LogP contribution in [0.15, 0.2) is 41.4 Å². The van der Waals surface area contributed by atoms with Crippen LogP contribution in [-0.2, 0) is 6.54 Å². The van der Waals surface area contributed by atoms with Crippen molar-refractivity contribution in [2.75, 3.05) is 51.2 Å². The number of hydrogen-bond donors (Lipinski definition) is 1. The minimum atomic E-state index is 0.710. The summed E-state index contributed by atoms with van der Waals surface area (Å²) in [6, 6.07) is 9.57. The van der Waals surface area contributed by atoms with Crippen LogP contribution in [-0.4, -0.2) is 68.1 Å². The van der Waals surface area contributed by atoms with Gasteiger partial charge in [-0.05, 0) is 50.0 Å². The molecule has 1 aromatic carbocycles. The Bertz CT molecular complexity index is 654. The van der Waals surface area contributed by atoms with Gasteiger partial charge in [-0.3, -0.25) is 9.89 Å². The fourth-order valence-electron chi connectivity index (χ4n) is 4.40. The monoisotopic (exact) mass is 353 g/mol. The minimum Gasteiger partial charge on any atom is -0.364 e. The molecule has 0 spiro atoms. The molecule has 3 aliphatic rings. The average molecular weight is 354 g/mol. The molecule has 26 heavy (non-hydrogen) atoms. The van der Waals surface area contributed by atoms with Crippen LogP contribution in [0.3, 0.4) is 0 Å². The number of guanidine groups is 1. The Morgan fingerprint density at radius 3 is 2.73 bits per heavy atom. The van der Waals surface area contributed by atoms with Gasteiger partial charge in [0.25, 0.3) is 0 Å². The Morgan fingerprint density at radius 1 is 1.15 bits per heavy atom. The molecule has 1 atom stereocenters. The molecule has 0 bridgehead atoms. The van der Waals surface area contributed by atoms with Crippen LogP contribution in [0.4, 0.5) is 5.69 Å². The second-order valence-electron chi connectivity index (χ2n) is 7.58. The third kappa shape index (κ3) is 3.88. The van der Waals surface area contributed by atoms with E-state index in [0.717, 1.165) is 38.7 Å². The fourth-order valence-corrected chi connectivity index (χ4v) is 4.40. The molecule has 1 unspecified atom stereocenters. The Kier molecular flexibility index (Phi) is 5.44. The quantitative estimate of drug-likeness (QED) is 0.512. The summed E-state index contributed by atoms with van der Waals surface area (Å²) in [5, 5.41) is 3.58. The lowest BCUT2D eigenvalue weighted by molar-refractivity contribution is 0.249. The Morgan fingerprint density at radius 2 is 1.96 bits per heavy atom. The number of nitrogens with one attached hydrogen (secondary N) is 1. The van der Waals surface area contributed by atoms with Gasteiger partial charge in [-0.15, -0.1) is 0 Å². The number of hydrogen-bond acceptors (Lipinski definition) is 3. The summed E-state index contributed by atoms with van der Waals surface area (Å²) in [5.41, 5.74) is 2.62. The summed E-state index contributed by atoms with van der Waals surface area (Å²) in [6.45, 7) is 7.64. The maximum absolute atomic E-state index is 4.54. The summed E-state index contributed by atoms with van der Waals surface area (Å²) in [6.07, 6.45) is 8.46. The molecule has 0 aliphatic carbocycles. The smallest absolute Gasteiger partial charge is 0.193 e. The van der Waals surface area contributed by atoms with Crippen molar-refractivity contribution in [3.05, 3.63) is 42.0 Å². The number of likely N-dealkylation sites (tertiary alicyclic amines) is 2. The van der Waals surface area contributed by atoms with Gasteiger partial charge >= 0.3 is 0 Å². The molecule has 3 aliphatic heterocycles. The SMILES string of the molecule is CN=C(NCc1cccc(N2CC=CC2)c1)N1CCC(N2CCCC2)C1. The van der Waals surface area contributed by atoms with E-state index in [2.05, 4.69) is 61.4 Å². The van der Waals surface area contributed by atoms with Crippen molar-refractivity contribution < 1.29 is 0 Å². The van der Waals surface area contributed by atoms with Gasteiger partial charge in [0.15, 0.2) is 5.96 Å². The number of nitrogens with zero attached hydrogens (tertiary/aromatic N) is 4. The highest BCUT2D eigenvalue weighted by atomic mass is 15.3. The zero-order chi connectivity index (χ0) is 17.8. The van der Waals surface area contributed by atoms with E-state index in [-0.39, 0.29) is 0 Å². The molecular weight excluding hydrogens is 322 g/mol. The molecule has 0 radical (unpaired) electrons. The highest BCUT2D eigenvalue weighted by Crippen LogP contribution is 2.21. The van der Waals surface area contributed by atoms with E-state index >= 15 is 0 Å². The van der Waals surface area contributed by atoms with Crippen molar-refractivity contribution in [2.45, 2.75) is 31.8 Å². The lowest BCUT2D eigenvalue weighted by atomic mass is 10.2. The van der Waals surface area contributed by atoms with E-state index in [1.54, 1.807) is 0 Å². The second-order valence-corrected chi connectivity index (χ2v) is 7.58. The topological polar surface area (TPSA) is 34.1 Å². The molecule has 0 aromatic heterocycles. The Balaban J connectivity index is 1.32. The number of aliphatic imine (C=N–C) groups is 1. The van der Waals surface area contributed by atoms with E-state index in [0.29, 0.717) is 6.04 Å². The summed E-state index contributed by atoms with van der Waals surface area (Å²) in [7, 11) is 1.90. The maximum atomic E-state index is 4.54. The normalized spacial score (nSPS) is 24.0. The minimum absolute atomic E-state index is 0.710. The number of benzene rings is 1. The van der Waals surface area contributed by atoms with E-state index < -0.39 is 0 Å². The van der Waals surface area contributed by atoms with Gasteiger partial charge in [-0.2, -0.15) is 0 Å². The summed E-state index contributed by atoms with van der Waals surface area (Å²) >= 11 is 0. The van der Waals surface area contributed by atoms with Crippen molar-refractivity contribution in [3.63, 3.8) is 0 Å². The predicted molar refractivity (Wildman–Crippen MR) is 109 cm³/mol. The molecule has 3 heterocycles. The molecular formula is C21H31N5. The maximum Gasteiger partial charge on any atom is 0.193 e. The predicted octanol–water partition coefficient (Wildman–Crippen LogP) is 2.31. The molecule has 2 fully saturated rings. The Hall–Kier alpha value is -2.01. The van der Waals surface area contributed by atoms with Crippen LogP contribution < -0.4 is 10.2 Å². The standard InChI is InChI=1S/C21H31N5/c1-22-21(26-14-9-20(17-26)25-12-4-5-13-25)23-16-18-7-6-8-19(15-18)24-10-2-3-11-24/h2-3,6-8,15,20H,4-5,9-14,16-17H2,1H3,(H,22,23). The van der Waals surface area contributed by atoms with E-state index in [4.69, 9.17) is 0 Å². The molecule has 1 N–H and O–H groups in total. The molecule has 0 saturated carbocycles. The summed E-state index contributed by atoms with van der Waals surface area (Å²) in [4.78, 5) is 12.0. The molecule has 5 heteroatoms. The van der Waals surface area contributed by atoms with E-state index in [9.17, 15) is 0 Å².